The Morgan fingerprint density at radius 1 is 1.35 bits per heavy atom. The Kier molecular flexibility index (Phi) is 2.95. The van der Waals surface area contributed by atoms with Crippen molar-refractivity contribution in [2.24, 2.45) is 0 Å². The molecule has 0 unspecified atom stereocenters. The first kappa shape index (κ1) is 11.4. The summed E-state index contributed by atoms with van der Waals surface area (Å²) in [6, 6.07) is 4.10. The number of nitrogen functional groups attached to an aromatic ring is 1. The first-order chi connectivity index (χ1) is 8.09. The number of amides is 1. The molecule has 0 saturated carbocycles. The summed E-state index contributed by atoms with van der Waals surface area (Å²) in [6.45, 7) is 1.49. The minimum Gasteiger partial charge on any atom is -0.393 e. The third-order valence-electron chi connectivity index (χ3n) is 2.86. The molecule has 1 aromatic carbocycles. The summed E-state index contributed by atoms with van der Waals surface area (Å²) < 4.78 is 0. The van der Waals surface area contributed by atoms with Gasteiger partial charge in [-0.2, -0.15) is 0 Å². The van der Waals surface area contributed by atoms with Gasteiger partial charge in [0.15, 0.2) is 0 Å². The Labute approximate surface area is 98.2 Å². The number of hydrogen-bond acceptors (Lipinski definition) is 4. The molecule has 1 amide bonds. The van der Waals surface area contributed by atoms with Crippen molar-refractivity contribution in [1.29, 1.82) is 0 Å². The van der Waals surface area contributed by atoms with Crippen LogP contribution in [0.15, 0.2) is 18.2 Å². The van der Waals surface area contributed by atoms with E-state index in [1.165, 1.54) is 18.2 Å². The lowest BCUT2D eigenvalue weighted by molar-refractivity contribution is -0.383. The van der Waals surface area contributed by atoms with Crippen LogP contribution in [0.1, 0.15) is 23.2 Å². The molecule has 2 N–H and O–H groups in total. The average molecular weight is 235 g/mol. The van der Waals surface area contributed by atoms with Crippen molar-refractivity contribution in [2.45, 2.75) is 12.8 Å². The maximum absolute atomic E-state index is 12.0. The van der Waals surface area contributed by atoms with Gasteiger partial charge in [0.2, 0.25) is 0 Å². The van der Waals surface area contributed by atoms with E-state index < -0.39 is 4.92 Å². The summed E-state index contributed by atoms with van der Waals surface area (Å²) in [5.74, 6) is -0.107. The van der Waals surface area contributed by atoms with Crippen LogP contribution in [0.4, 0.5) is 11.4 Å². The molecule has 17 heavy (non-hydrogen) atoms. The Morgan fingerprint density at radius 2 is 2.00 bits per heavy atom. The summed E-state index contributed by atoms with van der Waals surface area (Å²) in [5.41, 5.74) is 5.82. The van der Waals surface area contributed by atoms with E-state index in [2.05, 4.69) is 0 Å². The highest BCUT2D eigenvalue weighted by atomic mass is 16.6. The van der Waals surface area contributed by atoms with Crippen LogP contribution < -0.4 is 5.73 Å². The Balaban J connectivity index is 2.25. The smallest absolute Gasteiger partial charge is 0.292 e. The molecule has 0 radical (unpaired) electrons. The largest absolute Gasteiger partial charge is 0.393 e. The molecule has 90 valence electrons. The Hall–Kier alpha value is -2.11. The minimum atomic E-state index is -0.556. The SMILES string of the molecule is Nc1cc(C(=O)N2CCCC2)ccc1[N+](=O)[O-]. The number of nitro benzene ring substituents is 1. The van der Waals surface area contributed by atoms with E-state index in [1.807, 2.05) is 0 Å². The average Bonchev–Trinajstić information content (AvgIpc) is 2.80. The molecule has 6 heteroatoms. The van der Waals surface area contributed by atoms with Crippen molar-refractivity contribution in [1.82, 2.24) is 4.90 Å². The second-order valence-corrected chi connectivity index (χ2v) is 4.03. The molecule has 1 heterocycles. The molecule has 1 aliphatic rings. The normalized spacial score (nSPS) is 14.9. The van der Waals surface area contributed by atoms with Gasteiger partial charge in [-0.05, 0) is 25.0 Å². The molecule has 1 fully saturated rings. The van der Waals surface area contributed by atoms with E-state index >= 15 is 0 Å². The molecule has 0 aliphatic carbocycles. The fourth-order valence-corrected chi connectivity index (χ4v) is 1.96. The van der Waals surface area contributed by atoms with E-state index in [0.29, 0.717) is 5.56 Å². The molecule has 0 spiro atoms. The lowest BCUT2D eigenvalue weighted by Crippen LogP contribution is -2.27. The second-order valence-electron chi connectivity index (χ2n) is 4.03. The first-order valence-electron chi connectivity index (χ1n) is 5.43. The lowest BCUT2D eigenvalue weighted by Gasteiger charge is -2.15. The van der Waals surface area contributed by atoms with Gasteiger partial charge in [-0.3, -0.25) is 14.9 Å². The first-order valence-corrected chi connectivity index (χ1v) is 5.43. The monoisotopic (exact) mass is 235 g/mol. The molecular formula is C11H13N3O3. The molecule has 0 bridgehead atoms. The highest BCUT2D eigenvalue weighted by Crippen LogP contribution is 2.23. The van der Waals surface area contributed by atoms with E-state index in [4.69, 9.17) is 5.73 Å². The van der Waals surface area contributed by atoms with Crippen LogP contribution >= 0.6 is 0 Å². The van der Waals surface area contributed by atoms with Crippen molar-refractivity contribution in [3.8, 4) is 0 Å². The fraction of sp³-hybridized carbons (Fsp3) is 0.364. The maximum atomic E-state index is 12.0. The second kappa shape index (κ2) is 4.40. The highest BCUT2D eigenvalue weighted by molar-refractivity contribution is 5.95. The molecule has 1 aromatic rings. The van der Waals surface area contributed by atoms with Crippen LogP contribution in [0.3, 0.4) is 0 Å². The molecule has 0 aromatic heterocycles. The van der Waals surface area contributed by atoms with Gasteiger partial charge in [0, 0.05) is 24.7 Å². The van der Waals surface area contributed by atoms with Crippen LogP contribution in [0, 0.1) is 10.1 Å². The number of likely N-dealkylation sites (tertiary alicyclic amines) is 1. The Bertz CT molecular complexity index is 467. The third-order valence-corrected chi connectivity index (χ3v) is 2.86. The van der Waals surface area contributed by atoms with Gasteiger partial charge < -0.3 is 10.6 Å². The van der Waals surface area contributed by atoms with Gasteiger partial charge in [0.25, 0.3) is 11.6 Å². The quantitative estimate of drug-likeness (QED) is 0.476. The minimum absolute atomic E-state index is 0.0278. The number of benzene rings is 1. The predicted octanol–water partition coefficient (Wildman–Crippen LogP) is 1.41. The van der Waals surface area contributed by atoms with Gasteiger partial charge in [-0.1, -0.05) is 0 Å². The standard InChI is InChI=1S/C11H13N3O3/c12-9-7-8(3-4-10(9)14(16)17)11(15)13-5-1-2-6-13/h3-4,7H,1-2,5-6,12H2. The van der Waals surface area contributed by atoms with E-state index in [0.717, 1.165) is 25.9 Å². The zero-order valence-electron chi connectivity index (χ0n) is 9.26. The number of rotatable bonds is 2. The van der Waals surface area contributed by atoms with Crippen LogP contribution in [0.5, 0.6) is 0 Å². The van der Waals surface area contributed by atoms with Crippen LogP contribution in [-0.2, 0) is 0 Å². The zero-order valence-corrected chi connectivity index (χ0v) is 9.26. The van der Waals surface area contributed by atoms with Gasteiger partial charge in [0.1, 0.15) is 5.69 Å². The number of nitrogens with two attached hydrogens (primary N) is 1. The molecule has 1 saturated heterocycles. The number of anilines is 1. The highest BCUT2D eigenvalue weighted by Gasteiger charge is 2.21. The van der Waals surface area contributed by atoms with Crippen molar-refractivity contribution in [3.05, 3.63) is 33.9 Å². The number of carbonyl (C=O) groups excluding carboxylic acids is 1. The summed E-state index contributed by atoms with van der Waals surface area (Å²) in [4.78, 5) is 23.8. The summed E-state index contributed by atoms with van der Waals surface area (Å²) >= 11 is 0. The lowest BCUT2D eigenvalue weighted by atomic mass is 10.1. The summed E-state index contributed by atoms with van der Waals surface area (Å²) in [6.07, 6.45) is 2.02. The molecule has 6 nitrogen and oxygen atoms in total. The fourth-order valence-electron chi connectivity index (χ4n) is 1.96. The predicted molar refractivity (Wildman–Crippen MR) is 62.6 cm³/mol. The Morgan fingerprint density at radius 3 is 2.53 bits per heavy atom. The van der Waals surface area contributed by atoms with Gasteiger partial charge >= 0.3 is 0 Å². The third kappa shape index (κ3) is 2.20. The van der Waals surface area contributed by atoms with Crippen LogP contribution in [0.2, 0.25) is 0 Å². The van der Waals surface area contributed by atoms with E-state index in [1.54, 1.807) is 4.90 Å². The topological polar surface area (TPSA) is 89.5 Å². The number of hydrogen-bond donors (Lipinski definition) is 1. The van der Waals surface area contributed by atoms with Crippen molar-refractivity contribution in [2.75, 3.05) is 18.8 Å². The van der Waals surface area contributed by atoms with Crippen molar-refractivity contribution < 1.29 is 9.72 Å². The molecule has 0 atom stereocenters. The van der Waals surface area contributed by atoms with Gasteiger partial charge in [-0.15, -0.1) is 0 Å². The van der Waals surface area contributed by atoms with Crippen molar-refractivity contribution in [3.63, 3.8) is 0 Å². The number of nitro groups is 1. The van der Waals surface area contributed by atoms with Crippen molar-refractivity contribution >= 4 is 17.3 Å². The summed E-state index contributed by atoms with van der Waals surface area (Å²) in [5, 5.41) is 10.6. The molecular weight excluding hydrogens is 222 g/mol. The van der Waals surface area contributed by atoms with E-state index in [9.17, 15) is 14.9 Å². The number of carbonyl (C=O) groups is 1. The zero-order chi connectivity index (χ0) is 12.4. The maximum Gasteiger partial charge on any atom is 0.292 e. The van der Waals surface area contributed by atoms with E-state index in [-0.39, 0.29) is 17.3 Å². The summed E-state index contributed by atoms with van der Waals surface area (Å²) in [7, 11) is 0. The molecule has 2 rings (SSSR count). The van der Waals surface area contributed by atoms with Gasteiger partial charge in [0.05, 0.1) is 4.92 Å². The van der Waals surface area contributed by atoms with Crippen LogP contribution in [-0.4, -0.2) is 28.8 Å². The van der Waals surface area contributed by atoms with Crippen LogP contribution in [0.25, 0.3) is 0 Å². The number of nitrogens with zero attached hydrogens (tertiary/aromatic N) is 2. The van der Waals surface area contributed by atoms with Gasteiger partial charge in [-0.25, -0.2) is 0 Å². The molecule has 1 aliphatic heterocycles.